The third kappa shape index (κ3) is 4.97. The van der Waals surface area contributed by atoms with E-state index in [2.05, 4.69) is 0 Å². The maximum Gasteiger partial charge on any atom is 0.249 e. The fourth-order valence-electron chi connectivity index (χ4n) is 4.91. The maximum atomic E-state index is 13.0. The molecule has 2 unspecified atom stereocenters. The van der Waals surface area contributed by atoms with E-state index in [4.69, 9.17) is 9.47 Å². The highest BCUT2D eigenvalue weighted by Crippen LogP contribution is 2.34. The molecule has 0 radical (unpaired) electrons. The van der Waals surface area contributed by atoms with Gasteiger partial charge in [-0.15, -0.1) is 0 Å². The Balaban J connectivity index is 1.88. The Morgan fingerprint density at radius 1 is 0.556 bits per heavy atom. The van der Waals surface area contributed by atoms with Crippen molar-refractivity contribution in [3.05, 3.63) is 0 Å². The first-order valence-electron chi connectivity index (χ1n) is 12.6. The second-order valence-corrected chi connectivity index (χ2v) is 12.2. The first-order valence-corrected chi connectivity index (χ1v) is 12.6. The van der Waals surface area contributed by atoms with E-state index in [-0.39, 0.29) is 50.1 Å². The van der Waals surface area contributed by atoms with Gasteiger partial charge in [-0.1, -0.05) is 0 Å². The lowest BCUT2D eigenvalue weighted by Crippen LogP contribution is -2.74. The molecule has 4 amide bonds. The number of amides is 4. The van der Waals surface area contributed by atoms with Gasteiger partial charge in [0, 0.05) is 0 Å². The SMILES string of the molecule is CC(COCCOCC(C)N1C(=O)C(C)(C)N(C)C(C)(C)C1=O)N1C(=O)C(C)(C)N(C)C(C)(C)C1=O. The molecule has 0 spiro atoms. The molecule has 0 N–H and O–H groups in total. The number of carbonyl (C=O) groups excluding carboxylic acids is 4. The van der Waals surface area contributed by atoms with Crippen LogP contribution in [0.2, 0.25) is 0 Å². The molecule has 2 atom stereocenters. The molecule has 2 aliphatic rings. The summed E-state index contributed by atoms with van der Waals surface area (Å²) in [6.45, 7) is 19.0. The van der Waals surface area contributed by atoms with Crippen molar-refractivity contribution >= 4 is 23.6 Å². The van der Waals surface area contributed by atoms with Crippen molar-refractivity contribution < 1.29 is 28.7 Å². The van der Waals surface area contributed by atoms with Crippen molar-refractivity contribution in [2.45, 2.75) is 103 Å². The molecule has 0 aromatic rings. The molecule has 2 heterocycles. The lowest BCUT2D eigenvalue weighted by atomic mass is 9.86. The Kier molecular flexibility index (Phi) is 8.53. The summed E-state index contributed by atoms with van der Waals surface area (Å²) in [5, 5.41) is 0. The Bertz CT molecular complexity index is 769. The standard InChI is InChI=1S/C26H46N4O6/c1-17(29-19(31)23(3,4)27(11)24(5,6)20(29)32)15-35-13-14-36-16-18(2)30-21(33)25(7,8)28(12)26(9,10)22(30)34/h17-18H,13-16H2,1-12H3. The van der Waals surface area contributed by atoms with Crippen LogP contribution in [0.4, 0.5) is 0 Å². The number of imide groups is 2. The summed E-state index contributed by atoms with van der Waals surface area (Å²) in [5.74, 6) is -0.989. The molecule has 0 aromatic heterocycles. The number of rotatable bonds is 9. The Labute approximate surface area is 216 Å². The van der Waals surface area contributed by atoms with E-state index in [1.807, 2.05) is 65.2 Å². The Morgan fingerprint density at radius 3 is 1.00 bits per heavy atom. The summed E-state index contributed by atoms with van der Waals surface area (Å²) >= 11 is 0. The second kappa shape index (κ2) is 10.1. The molecule has 2 fully saturated rings. The number of carbonyl (C=O) groups is 4. The lowest BCUT2D eigenvalue weighted by molar-refractivity contribution is -0.178. The topological polar surface area (TPSA) is 99.7 Å². The molecular formula is C26H46N4O6. The smallest absolute Gasteiger partial charge is 0.249 e. The van der Waals surface area contributed by atoms with Gasteiger partial charge in [-0.25, -0.2) is 0 Å². The third-order valence-electron chi connectivity index (χ3n) is 8.29. The van der Waals surface area contributed by atoms with Gasteiger partial charge in [-0.3, -0.25) is 38.8 Å². The van der Waals surface area contributed by atoms with Gasteiger partial charge >= 0.3 is 0 Å². The minimum absolute atomic E-state index is 0.185. The molecule has 36 heavy (non-hydrogen) atoms. The molecule has 0 aliphatic carbocycles. The summed E-state index contributed by atoms with van der Waals surface area (Å²) in [6.07, 6.45) is 0. The fourth-order valence-corrected chi connectivity index (χ4v) is 4.91. The summed E-state index contributed by atoms with van der Waals surface area (Å²) in [6, 6.07) is -0.859. The molecule has 0 aromatic carbocycles. The summed E-state index contributed by atoms with van der Waals surface area (Å²) < 4.78 is 11.4. The van der Waals surface area contributed by atoms with Crippen molar-refractivity contribution in [2.75, 3.05) is 40.5 Å². The van der Waals surface area contributed by atoms with Crippen LogP contribution < -0.4 is 0 Å². The largest absolute Gasteiger partial charge is 0.377 e. The number of hydrogen-bond donors (Lipinski definition) is 0. The van der Waals surface area contributed by atoms with Crippen molar-refractivity contribution in [1.29, 1.82) is 0 Å². The average molecular weight is 511 g/mol. The molecule has 2 rings (SSSR count). The van der Waals surface area contributed by atoms with E-state index in [1.165, 1.54) is 9.80 Å². The van der Waals surface area contributed by atoms with E-state index in [9.17, 15) is 19.2 Å². The number of likely N-dealkylation sites (N-methyl/N-ethyl adjacent to an activating group) is 2. The van der Waals surface area contributed by atoms with Gasteiger partial charge in [0.2, 0.25) is 23.6 Å². The maximum absolute atomic E-state index is 13.0. The average Bonchev–Trinajstić information content (AvgIpc) is 2.78. The van der Waals surface area contributed by atoms with Crippen LogP contribution in [0.1, 0.15) is 69.2 Å². The normalized spacial score (nSPS) is 25.9. The number of nitrogens with zero attached hydrogens (tertiary/aromatic N) is 4. The monoisotopic (exact) mass is 510 g/mol. The molecule has 10 heteroatoms. The van der Waals surface area contributed by atoms with Gasteiger partial charge in [0.1, 0.15) is 0 Å². The molecule has 0 bridgehead atoms. The van der Waals surface area contributed by atoms with Crippen LogP contribution in [0.3, 0.4) is 0 Å². The van der Waals surface area contributed by atoms with Crippen LogP contribution in [-0.4, -0.2) is 118 Å². The second-order valence-electron chi connectivity index (χ2n) is 12.2. The Morgan fingerprint density at radius 2 is 0.778 bits per heavy atom. The highest BCUT2D eigenvalue weighted by Gasteiger charge is 2.56. The summed E-state index contributed by atoms with van der Waals surface area (Å²) in [5.41, 5.74) is -3.25. The first-order chi connectivity index (χ1) is 16.2. The quantitative estimate of drug-likeness (QED) is 0.340. The first kappa shape index (κ1) is 30.3. The van der Waals surface area contributed by atoms with E-state index in [0.29, 0.717) is 0 Å². The van der Waals surface area contributed by atoms with Crippen LogP contribution in [0.15, 0.2) is 0 Å². The molecule has 10 nitrogen and oxygen atoms in total. The lowest BCUT2D eigenvalue weighted by Gasteiger charge is -2.53. The van der Waals surface area contributed by atoms with E-state index < -0.39 is 34.2 Å². The number of piperazine rings is 2. The summed E-state index contributed by atoms with van der Waals surface area (Å²) in [4.78, 5) is 58.4. The zero-order chi connectivity index (χ0) is 28.0. The van der Waals surface area contributed by atoms with Crippen LogP contribution in [-0.2, 0) is 28.7 Å². The third-order valence-corrected chi connectivity index (χ3v) is 8.29. The predicted molar refractivity (Wildman–Crippen MR) is 136 cm³/mol. The molecule has 206 valence electrons. The van der Waals surface area contributed by atoms with Crippen molar-refractivity contribution in [3.63, 3.8) is 0 Å². The van der Waals surface area contributed by atoms with Crippen LogP contribution >= 0.6 is 0 Å². The number of hydrogen-bond acceptors (Lipinski definition) is 8. The van der Waals surface area contributed by atoms with E-state index in [0.717, 1.165) is 0 Å². The van der Waals surface area contributed by atoms with E-state index in [1.54, 1.807) is 27.9 Å². The molecule has 0 saturated carbocycles. The predicted octanol–water partition coefficient (Wildman–Crippen LogP) is 1.51. The molecular weight excluding hydrogens is 464 g/mol. The highest BCUT2D eigenvalue weighted by atomic mass is 16.5. The van der Waals surface area contributed by atoms with Gasteiger partial charge in [-0.2, -0.15) is 0 Å². The zero-order valence-electron chi connectivity index (χ0n) is 24.2. The van der Waals surface area contributed by atoms with Gasteiger partial charge in [0.25, 0.3) is 0 Å². The zero-order valence-corrected chi connectivity index (χ0v) is 24.2. The number of ether oxygens (including phenoxy) is 2. The van der Waals surface area contributed by atoms with Gasteiger partial charge in [0.05, 0.1) is 60.7 Å². The van der Waals surface area contributed by atoms with Gasteiger partial charge in [-0.05, 0) is 83.3 Å². The minimum Gasteiger partial charge on any atom is -0.377 e. The molecule has 2 saturated heterocycles. The Hall–Kier alpha value is -1.88. The van der Waals surface area contributed by atoms with Crippen molar-refractivity contribution in [2.24, 2.45) is 0 Å². The minimum atomic E-state index is -0.813. The van der Waals surface area contributed by atoms with Crippen LogP contribution in [0, 0.1) is 0 Å². The van der Waals surface area contributed by atoms with Crippen molar-refractivity contribution in [3.8, 4) is 0 Å². The highest BCUT2D eigenvalue weighted by molar-refractivity contribution is 6.07. The molecule has 2 aliphatic heterocycles. The van der Waals surface area contributed by atoms with Crippen molar-refractivity contribution in [1.82, 2.24) is 19.6 Å². The van der Waals surface area contributed by atoms with Gasteiger partial charge in [0.15, 0.2) is 0 Å². The van der Waals surface area contributed by atoms with Crippen LogP contribution in [0.5, 0.6) is 0 Å². The summed E-state index contributed by atoms with van der Waals surface area (Å²) in [7, 11) is 3.58. The van der Waals surface area contributed by atoms with Gasteiger partial charge < -0.3 is 9.47 Å². The van der Waals surface area contributed by atoms with Crippen LogP contribution in [0.25, 0.3) is 0 Å². The van der Waals surface area contributed by atoms with E-state index >= 15 is 0 Å². The fraction of sp³-hybridized carbons (Fsp3) is 0.846.